The Morgan fingerprint density at radius 2 is 2.00 bits per heavy atom. The molecule has 2 amide bonds. The van der Waals surface area contributed by atoms with Crippen molar-refractivity contribution in [3.8, 4) is 0 Å². The van der Waals surface area contributed by atoms with Crippen molar-refractivity contribution >= 4 is 40.9 Å². The number of aromatic nitrogens is 2. The number of carbonyl (C=O) groups excluding carboxylic acids is 2. The van der Waals surface area contributed by atoms with E-state index in [1.807, 2.05) is 18.3 Å². The van der Waals surface area contributed by atoms with Gasteiger partial charge < -0.3 is 10.1 Å². The molecule has 8 nitrogen and oxygen atoms in total. The molecule has 31 heavy (non-hydrogen) atoms. The molecule has 4 aliphatic rings. The molecule has 0 radical (unpaired) electrons. The summed E-state index contributed by atoms with van der Waals surface area (Å²) in [6.07, 6.45) is 4.30. The molecule has 2 aromatic rings. The zero-order valence-corrected chi connectivity index (χ0v) is 18.1. The number of pyridine rings is 1. The summed E-state index contributed by atoms with van der Waals surface area (Å²) in [6.45, 7) is 1.39. The summed E-state index contributed by atoms with van der Waals surface area (Å²) in [5.41, 5.74) is 1.01. The highest BCUT2D eigenvalue weighted by Crippen LogP contribution is 2.68. The van der Waals surface area contributed by atoms with E-state index in [1.54, 1.807) is 18.0 Å². The molecule has 0 aromatic carbocycles. The fourth-order valence-electron chi connectivity index (χ4n) is 6.47. The Bertz CT molecular complexity index is 1180. The van der Waals surface area contributed by atoms with Gasteiger partial charge in [-0.05, 0) is 42.7 Å². The molecule has 2 saturated carbocycles. The van der Waals surface area contributed by atoms with Crippen LogP contribution in [0.1, 0.15) is 29.7 Å². The second-order valence-corrected chi connectivity index (χ2v) is 11.0. The summed E-state index contributed by atoms with van der Waals surface area (Å²) >= 11 is 2.82. The van der Waals surface area contributed by atoms with Crippen LogP contribution in [-0.2, 0) is 14.4 Å². The highest BCUT2D eigenvalue weighted by Gasteiger charge is 2.70. The molecule has 1 saturated heterocycles. The summed E-state index contributed by atoms with van der Waals surface area (Å²) < 4.78 is 0. The standard InChI is InChI=1S/C21H19N3O5S2/c1-7(20(27)28)24-18(25)13-9-5-10(14(13)19(24)26)15-12(9)11(8-3-2-4-22-6-8)16-17(30-15)23-21(29)31-16/h2-4,6-7,9-15H,5H2,1H3,(H,23,29)(H,27,28)/t7-,9-,10+,11+,12+,13+,14+,15-/m1/s1. The van der Waals surface area contributed by atoms with Gasteiger partial charge in [-0.1, -0.05) is 17.4 Å². The first-order valence-corrected chi connectivity index (χ1v) is 12.0. The number of hydrogen-bond donors (Lipinski definition) is 2. The van der Waals surface area contributed by atoms with Gasteiger partial charge in [0, 0.05) is 28.4 Å². The summed E-state index contributed by atoms with van der Waals surface area (Å²) in [6, 6.07) is 2.71. The van der Waals surface area contributed by atoms with E-state index in [-0.39, 0.29) is 45.6 Å². The van der Waals surface area contributed by atoms with Gasteiger partial charge in [-0.25, -0.2) is 4.79 Å². The quantitative estimate of drug-likeness (QED) is 0.674. The van der Waals surface area contributed by atoms with Gasteiger partial charge in [0.05, 0.1) is 16.9 Å². The maximum absolute atomic E-state index is 13.3. The predicted octanol–water partition coefficient (Wildman–Crippen LogP) is 1.78. The van der Waals surface area contributed by atoms with Crippen molar-refractivity contribution in [2.75, 3.05) is 0 Å². The van der Waals surface area contributed by atoms with Crippen molar-refractivity contribution in [3.63, 3.8) is 0 Å². The highest BCUT2D eigenvalue weighted by molar-refractivity contribution is 8.00. The molecule has 2 bridgehead atoms. The van der Waals surface area contributed by atoms with Gasteiger partial charge in [0.1, 0.15) is 6.04 Å². The lowest BCUT2D eigenvalue weighted by Gasteiger charge is -2.42. The van der Waals surface area contributed by atoms with Gasteiger partial charge in [0.2, 0.25) is 11.8 Å². The lowest BCUT2D eigenvalue weighted by atomic mass is 9.68. The number of amides is 2. The van der Waals surface area contributed by atoms with Gasteiger partial charge >= 0.3 is 10.8 Å². The number of thiazole rings is 1. The van der Waals surface area contributed by atoms with E-state index < -0.39 is 23.8 Å². The smallest absolute Gasteiger partial charge is 0.326 e. The average molecular weight is 458 g/mol. The third kappa shape index (κ3) is 2.46. The first kappa shape index (κ1) is 19.2. The first-order valence-electron chi connectivity index (χ1n) is 10.3. The van der Waals surface area contributed by atoms with E-state index in [1.165, 1.54) is 18.3 Å². The zero-order chi connectivity index (χ0) is 21.6. The number of thioether (sulfide) groups is 1. The largest absolute Gasteiger partial charge is 0.480 e. The molecule has 2 N–H and O–H groups in total. The van der Waals surface area contributed by atoms with Gasteiger partial charge in [-0.15, -0.1) is 11.8 Å². The van der Waals surface area contributed by atoms with Gasteiger partial charge in [0.15, 0.2) is 0 Å². The van der Waals surface area contributed by atoms with E-state index in [4.69, 9.17) is 0 Å². The number of carboxylic acids is 1. The SMILES string of the molecule is C[C@H](C(=O)O)N1C(=O)[C@H]2[C@@H]3C[C@@H]([C@@H]2C1=O)[C@H]1[C@H](c2cccnc2)c2sc(=O)[nH]c2S[C@H]31. The van der Waals surface area contributed by atoms with Crippen molar-refractivity contribution in [2.24, 2.45) is 29.6 Å². The normalized spacial score (nSPS) is 36.3. The molecule has 0 spiro atoms. The van der Waals surface area contributed by atoms with Crippen molar-refractivity contribution in [1.82, 2.24) is 14.9 Å². The van der Waals surface area contributed by atoms with Crippen molar-refractivity contribution in [3.05, 3.63) is 44.6 Å². The summed E-state index contributed by atoms with van der Waals surface area (Å²) in [5.74, 6) is -2.81. The summed E-state index contributed by atoms with van der Waals surface area (Å²) in [4.78, 5) is 59.2. The molecule has 10 heteroatoms. The number of nitrogens with zero attached hydrogens (tertiary/aromatic N) is 2. The minimum atomic E-state index is -1.17. The summed E-state index contributed by atoms with van der Waals surface area (Å²) in [5, 5.41) is 10.4. The predicted molar refractivity (Wildman–Crippen MR) is 112 cm³/mol. The molecule has 4 heterocycles. The molecular formula is C21H19N3O5S2. The van der Waals surface area contributed by atoms with Crippen LogP contribution < -0.4 is 4.87 Å². The number of nitrogens with one attached hydrogen (secondary N) is 1. The molecular weight excluding hydrogens is 438 g/mol. The number of carboxylic acid groups (broad SMARTS) is 1. The molecule has 160 valence electrons. The Balaban J connectivity index is 1.46. The fraction of sp³-hybridized carbons (Fsp3) is 0.476. The number of likely N-dealkylation sites (tertiary alicyclic amines) is 1. The average Bonchev–Trinajstić information content (AvgIpc) is 3.47. The van der Waals surface area contributed by atoms with Crippen LogP contribution in [0.4, 0.5) is 0 Å². The fourth-order valence-corrected chi connectivity index (χ4v) is 9.35. The van der Waals surface area contributed by atoms with E-state index in [2.05, 4.69) is 9.97 Å². The zero-order valence-electron chi connectivity index (χ0n) is 16.4. The Kier molecular flexibility index (Phi) is 4.05. The second kappa shape index (κ2) is 6.52. The van der Waals surface area contributed by atoms with E-state index >= 15 is 0 Å². The Labute approximate surface area is 185 Å². The maximum Gasteiger partial charge on any atom is 0.326 e. The number of imide groups is 1. The monoisotopic (exact) mass is 457 g/mol. The number of carbonyl (C=O) groups is 3. The van der Waals surface area contributed by atoms with Gasteiger partial charge in [-0.3, -0.25) is 24.3 Å². The Hall–Kier alpha value is -2.46. The first-order chi connectivity index (χ1) is 14.9. The minimum absolute atomic E-state index is 0.0110. The van der Waals surface area contributed by atoms with Crippen LogP contribution in [0, 0.1) is 29.6 Å². The lowest BCUT2D eigenvalue weighted by molar-refractivity contribution is -0.154. The molecule has 6 rings (SSSR count). The number of fused-ring (bicyclic) bond motifs is 9. The third-order valence-electron chi connectivity index (χ3n) is 7.55. The van der Waals surface area contributed by atoms with Crippen LogP contribution in [0.2, 0.25) is 0 Å². The topological polar surface area (TPSA) is 120 Å². The van der Waals surface area contributed by atoms with Crippen LogP contribution in [0.3, 0.4) is 0 Å². The Morgan fingerprint density at radius 1 is 1.26 bits per heavy atom. The summed E-state index contributed by atoms with van der Waals surface area (Å²) in [7, 11) is 0. The molecule has 2 aromatic heterocycles. The van der Waals surface area contributed by atoms with Gasteiger partial charge in [0.25, 0.3) is 0 Å². The highest BCUT2D eigenvalue weighted by atomic mass is 32.2. The van der Waals surface area contributed by atoms with Crippen LogP contribution in [0.5, 0.6) is 0 Å². The van der Waals surface area contributed by atoms with Crippen LogP contribution >= 0.6 is 23.1 Å². The molecule has 2 aliphatic heterocycles. The molecule has 8 atom stereocenters. The number of aliphatic carboxylic acids is 1. The maximum atomic E-state index is 13.3. The molecule has 3 fully saturated rings. The van der Waals surface area contributed by atoms with Crippen molar-refractivity contribution in [1.29, 1.82) is 0 Å². The van der Waals surface area contributed by atoms with Crippen LogP contribution in [0.15, 0.2) is 34.3 Å². The number of H-pyrrole nitrogens is 1. The molecule has 2 aliphatic carbocycles. The van der Waals surface area contributed by atoms with Gasteiger partial charge in [-0.2, -0.15) is 0 Å². The minimum Gasteiger partial charge on any atom is -0.480 e. The third-order valence-corrected chi connectivity index (χ3v) is 10.1. The lowest BCUT2D eigenvalue weighted by Crippen LogP contribution is -2.44. The van der Waals surface area contributed by atoms with E-state index in [9.17, 15) is 24.3 Å². The number of aromatic amines is 1. The second-order valence-electron chi connectivity index (χ2n) is 8.81. The van der Waals surface area contributed by atoms with Crippen LogP contribution in [0.25, 0.3) is 0 Å². The van der Waals surface area contributed by atoms with Crippen molar-refractivity contribution in [2.45, 2.75) is 35.6 Å². The molecule has 0 unspecified atom stereocenters. The van der Waals surface area contributed by atoms with Crippen molar-refractivity contribution < 1.29 is 19.5 Å². The number of hydrogen-bond acceptors (Lipinski definition) is 7. The van der Waals surface area contributed by atoms with E-state index in [0.717, 1.165) is 26.8 Å². The van der Waals surface area contributed by atoms with E-state index in [0.29, 0.717) is 0 Å². The number of rotatable bonds is 3. The van der Waals surface area contributed by atoms with Crippen LogP contribution in [-0.4, -0.2) is 49.0 Å². The Morgan fingerprint density at radius 3 is 2.68 bits per heavy atom.